The predicted molar refractivity (Wildman–Crippen MR) is 60.7 cm³/mol. The van der Waals surface area contributed by atoms with Crippen LogP contribution in [0.5, 0.6) is 0 Å². The van der Waals surface area contributed by atoms with Crippen LogP contribution >= 0.6 is 11.3 Å². The largest absolute Gasteiger partial charge is 0.477 e. The molecule has 94 valence electrons. The highest BCUT2D eigenvalue weighted by Gasteiger charge is 2.32. The summed E-state index contributed by atoms with van der Waals surface area (Å²) in [5.41, 5.74) is 0. The van der Waals surface area contributed by atoms with Crippen LogP contribution in [0.3, 0.4) is 0 Å². The average Bonchev–Trinajstić information content (AvgIpc) is 2.85. The third-order valence-corrected chi connectivity index (χ3v) is 5.92. The van der Waals surface area contributed by atoms with Crippen LogP contribution in [0.25, 0.3) is 0 Å². The molecule has 2 heterocycles. The summed E-state index contributed by atoms with van der Waals surface area (Å²) in [5, 5.41) is 18.0. The Labute approximate surface area is 102 Å². The molecule has 0 spiro atoms. The van der Waals surface area contributed by atoms with Gasteiger partial charge in [0.1, 0.15) is 9.09 Å². The first kappa shape index (κ1) is 12.5. The highest BCUT2D eigenvalue weighted by atomic mass is 32.2. The van der Waals surface area contributed by atoms with Gasteiger partial charge < -0.3 is 10.2 Å². The number of β-amino-alcohol motifs (C(OH)–C–C–N with tert-alkyl or cyclic N) is 1. The predicted octanol–water partition coefficient (Wildman–Crippen LogP) is 0.202. The summed E-state index contributed by atoms with van der Waals surface area (Å²) in [4.78, 5) is 10.7. The number of carboxylic acid groups (broad SMARTS) is 1. The summed E-state index contributed by atoms with van der Waals surface area (Å²) in [6.07, 6.45) is -0.222. The second kappa shape index (κ2) is 4.37. The Kier molecular flexibility index (Phi) is 3.21. The standard InChI is InChI=1S/C9H11NO5S2/c11-6-3-4-10(5-6)17(14,15)8-2-1-7(16-8)9(12)13/h1-2,6,11H,3-5H2,(H,12,13)/t6-/m1/s1. The normalized spacial score (nSPS) is 21.8. The van der Waals surface area contributed by atoms with Crippen molar-refractivity contribution in [1.82, 2.24) is 4.31 Å². The molecule has 0 saturated carbocycles. The Balaban J connectivity index is 2.28. The number of aromatic carboxylic acids is 1. The number of rotatable bonds is 3. The maximum atomic E-state index is 12.0. The Morgan fingerprint density at radius 3 is 2.65 bits per heavy atom. The summed E-state index contributed by atoms with van der Waals surface area (Å²) in [5.74, 6) is -1.14. The fraction of sp³-hybridized carbons (Fsp3) is 0.444. The molecule has 1 aromatic rings. The van der Waals surface area contributed by atoms with E-state index in [1.807, 2.05) is 0 Å². The highest BCUT2D eigenvalue weighted by molar-refractivity contribution is 7.91. The summed E-state index contributed by atoms with van der Waals surface area (Å²) < 4.78 is 25.3. The molecule has 6 nitrogen and oxygen atoms in total. The van der Waals surface area contributed by atoms with Gasteiger partial charge in [0.25, 0.3) is 10.0 Å². The molecule has 0 unspecified atom stereocenters. The first-order chi connectivity index (χ1) is 7.91. The minimum absolute atomic E-state index is 0.00370. The van der Waals surface area contributed by atoms with Crippen LogP contribution in [-0.4, -0.2) is 48.1 Å². The number of carbonyl (C=O) groups is 1. The molecule has 2 rings (SSSR count). The maximum Gasteiger partial charge on any atom is 0.345 e. The van der Waals surface area contributed by atoms with Gasteiger partial charge in [-0.05, 0) is 18.6 Å². The van der Waals surface area contributed by atoms with Gasteiger partial charge in [0.15, 0.2) is 0 Å². The smallest absolute Gasteiger partial charge is 0.345 e. The van der Waals surface area contributed by atoms with E-state index in [-0.39, 0.29) is 22.2 Å². The summed E-state index contributed by atoms with van der Waals surface area (Å²) in [7, 11) is -3.66. The molecule has 0 aliphatic carbocycles. The maximum absolute atomic E-state index is 12.0. The van der Waals surface area contributed by atoms with E-state index in [1.54, 1.807) is 0 Å². The molecule has 0 radical (unpaired) electrons. The zero-order chi connectivity index (χ0) is 12.6. The van der Waals surface area contributed by atoms with Crippen LogP contribution in [0.2, 0.25) is 0 Å². The van der Waals surface area contributed by atoms with Gasteiger partial charge in [-0.15, -0.1) is 11.3 Å². The number of aliphatic hydroxyl groups is 1. The van der Waals surface area contributed by atoms with Crippen molar-refractivity contribution >= 4 is 27.3 Å². The van der Waals surface area contributed by atoms with Crippen molar-refractivity contribution in [1.29, 1.82) is 0 Å². The number of nitrogens with zero attached hydrogens (tertiary/aromatic N) is 1. The third-order valence-electron chi connectivity index (χ3n) is 2.51. The number of hydrogen-bond acceptors (Lipinski definition) is 5. The molecule has 1 saturated heterocycles. The molecule has 1 aliphatic heterocycles. The molecule has 1 aromatic heterocycles. The lowest BCUT2D eigenvalue weighted by Gasteiger charge is -2.13. The van der Waals surface area contributed by atoms with Crippen molar-refractivity contribution in [2.24, 2.45) is 0 Å². The first-order valence-electron chi connectivity index (χ1n) is 4.92. The Bertz CT molecular complexity index is 535. The van der Waals surface area contributed by atoms with Crippen LogP contribution < -0.4 is 0 Å². The summed E-state index contributed by atoms with van der Waals surface area (Å²) >= 11 is 0.725. The molecule has 1 atom stereocenters. The van der Waals surface area contributed by atoms with E-state index < -0.39 is 22.1 Å². The van der Waals surface area contributed by atoms with Crippen LogP contribution in [0.15, 0.2) is 16.3 Å². The van der Waals surface area contributed by atoms with Crippen molar-refractivity contribution in [2.45, 2.75) is 16.7 Å². The van der Waals surface area contributed by atoms with E-state index in [9.17, 15) is 18.3 Å². The van der Waals surface area contributed by atoms with Crippen LogP contribution in [-0.2, 0) is 10.0 Å². The topological polar surface area (TPSA) is 94.9 Å². The minimum atomic E-state index is -3.66. The van der Waals surface area contributed by atoms with E-state index in [4.69, 9.17) is 5.11 Å². The zero-order valence-corrected chi connectivity index (χ0v) is 10.4. The van der Waals surface area contributed by atoms with Gasteiger partial charge in [0.05, 0.1) is 6.10 Å². The van der Waals surface area contributed by atoms with Crippen molar-refractivity contribution in [3.05, 3.63) is 17.0 Å². The average molecular weight is 277 g/mol. The van der Waals surface area contributed by atoms with Gasteiger partial charge in [-0.25, -0.2) is 13.2 Å². The second-order valence-corrected chi connectivity index (χ2v) is 6.98. The number of sulfonamides is 1. The van der Waals surface area contributed by atoms with E-state index >= 15 is 0 Å². The third kappa shape index (κ3) is 2.34. The fourth-order valence-electron chi connectivity index (χ4n) is 1.63. The molecule has 1 aliphatic rings. The van der Waals surface area contributed by atoms with Gasteiger partial charge in [-0.2, -0.15) is 4.31 Å². The Hall–Kier alpha value is -0.960. The SMILES string of the molecule is O=C(O)c1ccc(S(=O)(=O)N2CC[C@@H](O)C2)s1. The van der Waals surface area contributed by atoms with Crippen LogP contribution in [0.1, 0.15) is 16.1 Å². The number of hydrogen-bond donors (Lipinski definition) is 2. The Morgan fingerprint density at radius 2 is 2.18 bits per heavy atom. The van der Waals surface area contributed by atoms with E-state index in [0.717, 1.165) is 11.3 Å². The molecular weight excluding hydrogens is 266 g/mol. The van der Waals surface area contributed by atoms with Crippen LogP contribution in [0, 0.1) is 0 Å². The number of aliphatic hydroxyl groups excluding tert-OH is 1. The van der Waals surface area contributed by atoms with Crippen molar-refractivity contribution in [3.8, 4) is 0 Å². The lowest BCUT2D eigenvalue weighted by Crippen LogP contribution is -2.29. The molecule has 8 heteroatoms. The lowest BCUT2D eigenvalue weighted by atomic mass is 10.3. The molecule has 17 heavy (non-hydrogen) atoms. The van der Waals surface area contributed by atoms with Gasteiger partial charge in [0, 0.05) is 13.1 Å². The molecule has 1 fully saturated rings. The Morgan fingerprint density at radius 1 is 1.47 bits per heavy atom. The zero-order valence-electron chi connectivity index (χ0n) is 8.74. The minimum Gasteiger partial charge on any atom is -0.477 e. The monoisotopic (exact) mass is 277 g/mol. The molecule has 0 bridgehead atoms. The summed E-state index contributed by atoms with van der Waals surface area (Å²) in [6, 6.07) is 2.56. The van der Waals surface area contributed by atoms with Crippen molar-refractivity contribution in [3.63, 3.8) is 0 Å². The van der Waals surface area contributed by atoms with Crippen LogP contribution in [0.4, 0.5) is 0 Å². The van der Waals surface area contributed by atoms with Gasteiger partial charge in [-0.1, -0.05) is 0 Å². The van der Waals surface area contributed by atoms with Crippen molar-refractivity contribution < 1.29 is 23.4 Å². The number of thiophene rings is 1. The quantitative estimate of drug-likeness (QED) is 0.823. The van der Waals surface area contributed by atoms with E-state index in [1.165, 1.54) is 16.4 Å². The van der Waals surface area contributed by atoms with E-state index in [2.05, 4.69) is 0 Å². The van der Waals surface area contributed by atoms with Crippen molar-refractivity contribution in [2.75, 3.05) is 13.1 Å². The van der Waals surface area contributed by atoms with Gasteiger partial charge in [0.2, 0.25) is 0 Å². The van der Waals surface area contributed by atoms with Gasteiger partial charge >= 0.3 is 5.97 Å². The molecular formula is C9H11NO5S2. The first-order valence-corrected chi connectivity index (χ1v) is 7.18. The summed E-state index contributed by atoms with van der Waals surface area (Å²) in [6.45, 7) is 0.340. The van der Waals surface area contributed by atoms with E-state index in [0.29, 0.717) is 6.42 Å². The molecule has 2 N–H and O–H groups in total. The van der Waals surface area contributed by atoms with Gasteiger partial charge in [-0.3, -0.25) is 0 Å². The molecule has 0 aromatic carbocycles. The molecule has 0 amide bonds. The number of carboxylic acids is 1. The lowest BCUT2D eigenvalue weighted by molar-refractivity contribution is 0.0702. The second-order valence-electron chi connectivity index (χ2n) is 3.73. The fourth-order valence-corrected chi connectivity index (χ4v) is 4.42. The highest BCUT2D eigenvalue weighted by Crippen LogP contribution is 2.27.